The molecule has 0 N–H and O–H groups in total. The molecule has 1 aliphatic rings. The molecular formula is C13H13NO3S. The van der Waals surface area contributed by atoms with Crippen molar-refractivity contribution in [1.29, 1.82) is 0 Å². The maximum absolute atomic E-state index is 12.5. The first kappa shape index (κ1) is 12.8. The van der Waals surface area contributed by atoms with E-state index in [-0.39, 0.29) is 11.5 Å². The lowest BCUT2D eigenvalue weighted by molar-refractivity contribution is -0.744. The predicted molar refractivity (Wildman–Crippen MR) is 70.7 cm³/mol. The highest BCUT2D eigenvalue weighted by atomic mass is 32.2. The molecule has 0 saturated carbocycles. The fraction of sp³-hybridized carbons (Fsp3) is 0.154. The smallest absolute Gasteiger partial charge is 0.277 e. The Morgan fingerprint density at radius 1 is 1.28 bits per heavy atom. The number of quaternary nitrogens is 1. The minimum Gasteiger partial charge on any atom is -0.621 e. The summed E-state index contributed by atoms with van der Waals surface area (Å²) in [6, 6.07) is 7.49. The molecule has 0 aromatic heterocycles. The van der Waals surface area contributed by atoms with Crippen molar-refractivity contribution in [2.75, 3.05) is 0 Å². The van der Waals surface area contributed by atoms with Gasteiger partial charge in [-0.05, 0) is 19.1 Å². The van der Waals surface area contributed by atoms with Crippen molar-refractivity contribution in [1.82, 2.24) is 0 Å². The summed E-state index contributed by atoms with van der Waals surface area (Å²) in [5.41, 5.74) is 1.85. The van der Waals surface area contributed by atoms with E-state index in [1.165, 1.54) is 12.3 Å². The molecule has 1 aromatic rings. The van der Waals surface area contributed by atoms with E-state index < -0.39 is 14.9 Å². The predicted octanol–water partition coefficient (Wildman–Crippen LogP) is 1.90. The monoisotopic (exact) mass is 263 g/mol. The quantitative estimate of drug-likeness (QED) is 0.465. The summed E-state index contributed by atoms with van der Waals surface area (Å²) in [7, 11) is -2.51. The number of hydrogen-bond donors (Lipinski definition) is 0. The molecule has 1 unspecified atom stereocenters. The first-order valence-corrected chi connectivity index (χ1v) is 6.56. The van der Waals surface area contributed by atoms with Crippen molar-refractivity contribution in [3.05, 3.63) is 65.0 Å². The second-order valence-electron chi connectivity index (χ2n) is 4.22. The Hall–Kier alpha value is -1.69. The topological polar surface area (TPSA) is 57.2 Å². The van der Waals surface area contributed by atoms with E-state index in [1.54, 1.807) is 12.2 Å². The van der Waals surface area contributed by atoms with Gasteiger partial charge in [0.25, 0.3) is 15.3 Å². The summed E-state index contributed by atoms with van der Waals surface area (Å²) in [4.78, 5) is -0.168. The highest BCUT2D eigenvalue weighted by molar-refractivity contribution is 7.72. The fourth-order valence-electron chi connectivity index (χ4n) is 1.92. The summed E-state index contributed by atoms with van der Waals surface area (Å²) in [5, 5.41) is 12.5. The van der Waals surface area contributed by atoms with E-state index in [0.717, 1.165) is 11.1 Å². The van der Waals surface area contributed by atoms with Gasteiger partial charge < -0.3 is 5.21 Å². The van der Waals surface area contributed by atoms with Gasteiger partial charge in [-0.2, -0.15) is 8.42 Å². The zero-order chi connectivity index (χ0) is 13.2. The Balaban J connectivity index is 2.40. The summed E-state index contributed by atoms with van der Waals surface area (Å²) >= 11 is 0. The first-order chi connectivity index (χ1) is 8.51. The van der Waals surface area contributed by atoms with Crippen LogP contribution in [0, 0.1) is 12.1 Å². The fourth-order valence-corrected chi connectivity index (χ4v) is 2.49. The van der Waals surface area contributed by atoms with Gasteiger partial charge in [-0.15, -0.1) is 0 Å². The van der Waals surface area contributed by atoms with Gasteiger partial charge >= 0.3 is 0 Å². The zero-order valence-electron chi connectivity index (χ0n) is 9.91. The van der Waals surface area contributed by atoms with Crippen molar-refractivity contribution in [2.45, 2.75) is 13.5 Å². The van der Waals surface area contributed by atoms with Crippen LogP contribution in [-0.2, 0) is 16.8 Å². The van der Waals surface area contributed by atoms with E-state index in [9.17, 15) is 13.6 Å². The molecule has 0 radical (unpaired) electrons. The van der Waals surface area contributed by atoms with E-state index >= 15 is 0 Å². The number of aryl methyl sites for hydroxylation is 1. The molecule has 18 heavy (non-hydrogen) atoms. The van der Waals surface area contributed by atoms with Crippen LogP contribution in [0.2, 0.25) is 0 Å². The minimum absolute atomic E-state index is 0.0752. The Bertz CT molecular complexity index is 651. The Morgan fingerprint density at radius 3 is 2.72 bits per heavy atom. The molecule has 5 heteroatoms. The van der Waals surface area contributed by atoms with Gasteiger partial charge in [0, 0.05) is 11.6 Å². The average molecular weight is 263 g/mol. The average Bonchev–Trinajstić information content (AvgIpc) is 2.28. The molecule has 1 atom stereocenters. The van der Waals surface area contributed by atoms with Crippen LogP contribution in [0.3, 0.4) is 0 Å². The van der Waals surface area contributed by atoms with E-state index in [1.807, 2.05) is 31.2 Å². The maximum Gasteiger partial charge on any atom is 0.277 e. The Morgan fingerprint density at radius 2 is 2.06 bits per heavy atom. The molecule has 2 rings (SSSR count). The van der Waals surface area contributed by atoms with Crippen LogP contribution in [0.25, 0.3) is 0 Å². The number of hydroxylamine groups is 3. The molecule has 0 saturated heterocycles. The molecule has 0 spiro atoms. The lowest BCUT2D eigenvalue weighted by Crippen LogP contribution is -2.42. The molecule has 94 valence electrons. The van der Waals surface area contributed by atoms with E-state index in [4.69, 9.17) is 0 Å². The van der Waals surface area contributed by atoms with Crippen LogP contribution in [0.4, 0.5) is 0 Å². The van der Waals surface area contributed by atoms with Crippen molar-refractivity contribution in [3.8, 4) is 0 Å². The van der Waals surface area contributed by atoms with Crippen LogP contribution in [-0.4, -0.2) is 18.1 Å². The van der Waals surface area contributed by atoms with Crippen molar-refractivity contribution in [3.63, 3.8) is 0 Å². The van der Waals surface area contributed by atoms with Gasteiger partial charge in [0.2, 0.25) is 0 Å². The standard InChI is InChI=1S/C13H13NO3S/c1-11-5-4-6-12(9-11)10-14(15)8-3-2-7-13(14)18(16)17/h2-9H,10H2,1H3. The normalized spacial score (nSPS) is 22.2. The van der Waals surface area contributed by atoms with E-state index in [0.29, 0.717) is 0 Å². The van der Waals surface area contributed by atoms with Gasteiger partial charge in [0.05, 0.1) is 0 Å². The lowest BCUT2D eigenvalue weighted by Gasteiger charge is -2.37. The SMILES string of the molecule is Cc1cccc(C[N+]2([O-])C=CC=CC2=S(=O)=O)c1. The Labute approximate surface area is 107 Å². The number of benzene rings is 1. The number of rotatable bonds is 2. The van der Waals surface area contributed by atoms with Gasteiger partial charge in [0.15, 0.2) is 0 Å². The first-order valence-electron chi connectivity index (χ1n) is 5.48. The molecule has 0 amide bonds. The maximum atomic E-state index is 12.5. The summed E-state index contributed by atoms with van der Waals surface area (Å²) in [5.74, 6) is 0. The third kappa shape index (κ3) is 2.59. The molecule has 1 aromatic carbocycles. The van der Waals surface area contributed by atoms with Crippen LogP contribution >= 0.6 is 0 Å². The van der Waals surface area contributed by atoms with Gasteiger partial charge in [-0.3, -0.25) is 4.65 Å². The lowest BCUT2D eigenvalue weighted by atomic mass is 10.1. The van der Waals surface area contributed by atoms with Crippen LogP contribution in [0.5, 0.6) is 0 Å². The molecule has 0 bridgehead atoms. The summed E-state index contributed by atoms with van der Waals surface area (Å²) < 4.78 is 21.2. The third-order valence-electron chi connectivity index (χ3n) is 2.72. The third-order valence-corrected chi connectivity index (χ3v) is 3.51. The number of nitrogens with zero attached hydrogens (tertiary/aromatic N) is 1. The van der Waals surface area contributed by atoms with Crippen molar-refractivity contribution in [2.24, 2.45) is 0 Å². The van der Waals surface area contributed by atoms with Gasteiger partial charge in [-0.25, -0.2) is 0 Å². The second kappa shape index (κ2) is 4.89. The highest BCUT2D eigenvalue weighted by Gasteiger charge is 2.24. The summed E-state index contributed by atoms with van der Waals surface area (Å²) in [6.07, 6.45) is 5.80. The van der Waals surface area contributed by atoms with Crippen LogP contribution < -0.4 is 0 Å². The van der Waals surface area contributed by atoms with E-state index in [2.05, 4.69) is 0 Å². The zero-order valence-corrected chi connectivity index (χ0v) is 10.7. The number of hydrogen-bond acceptors (Lipinski definition) is 3. The molecule has 0 aliphatic carbocycles. The van der Waals surface area contributed by atoms with Crippen LogP contribution in [0.1, 0.15) is 11.1 Å². The molecule has 1 heterocycles. The minimum atomic E-state index is -2.51. The molecule has 0 fully saturated rings. The van der Waals surface area contributed by atoms with Crippen molar-refractivity contribution < 1.29 is 13.1 Å². The largest absolute Gasteiger partial charge is 0.621 e. The van der Waals surface area contributed by atoms with Crippen LogP contribution in [0.15, 0.2) is 48.7 Å². The summed E-state index contributed by atoms with van der Waals surface area (Å²) in [6.45, 7) is 2.01. The molecule has 4 nitrogen and oxygen atoms in total. The highest BCUT2D eigenvalue weighted by Crippen LogP contribution is 2.19. The van der Waals surface area contributed by atoms with Gasteiger partial charge in [0.1, 0.15) is 12.7 Å². The number of allylic oxidation sites excluding steroid dienone is 2. The Kier molecular flexibility index (Phi) is 3.47. The van der Waals surface area contributed by atoms with Crippen molar-refractivity contribution >= 4 is 15.3 Å². The molecular weight excluding hydrogens is 250 g/mol. The van der Waals surface area contributed by atoms with Gasteiger partial charge in [-0.1, -0.05) is 29.8 Å². The molecule has 1 aliphatic heterocycles. The second-order valence-corrected chi connectivity index (χ2v) is 5.10.